The maximum absolute atomic E-state index is 12.5. The van der Waals surface area contributed by atoms with Crippen LogP contribution < -0.4 is 9.64 Å². The van der Waals surface area contributed by atoms with Gasteiger partial charge in [-0.3, -0.25) is 4.79 Å². The summed E-state index contributed by atoms with van der Waals surface area (Å²) >= 11 is 7.48. The molecule has 1 aliphatic heterocycles. The Morgan fingerprint density at radius 1 is 1.03 bits per heavy atom. The Labute approximate surface area is 187 Å². The van der Waals surface area contributed by atoms with Gasteiger partial charge in [0.2, 0.25) is 0 Å². The highest BCUT2D eigenvalue weighted by atomic mass is 35.5. The second-order valence-corrected chi connectivity index (χ2v) is 8.32. The van der Waals surface area contributed by atoms with E-state index in [-0.39, 0.29) is 12.5 Å². The first-order chi connectivity index (χ1) is 15.2. The van der Waals surface area contributed by atoms with E-state index in [1.165, 1.54) is 0 Å². The van der Waals surface area contributed by atoms with E-state index in [1.807, 2.05) is 33.9 Å². The number of piperazine rings is 1. The molecular formula is C21H19ClN6O2S. The Morgan fingerprint density at radius 3 is 2.58 bits per heavy atom. The molecule has 3 aromatic heterocycles. The molecule has 0 spiro atoms. The van der Waals surface area contributed by atoms with Crippen molar-refractivity contribution in [2.24, 2.45) is 0 Å². The highest BCUT2D eigenvalue weighted by Crippen LogP contribution is 2.22. The Hall–Kier alpha value is -3.17. The van der Waals surface area contributed by atoms with Gasteiger partial charge in [0, 0.05) is 42.1 Å². The third-order valence-corrected chi connectivity index (χ3v) is 6.10. The van der Waals surface area contributed by atoms with Crippen molar-refractivity contribution in [2.45, 2.75) is 0 Å². The summed E-state index contributed by atoms with van der Waals surface area (Å²) in [7, 11) is 0. The van der Waals surface area contributed by atoms with Gasteiger partial charge in [-0.15, -0.1) is 15.3 Å². The van der Waals surface area contributed by atoms with E-state index < -0.39 is 0 Å². The topological polar surface area (TPSA) is 75.9 Å². The van der Waals surface area contributed by atoms with Crippen LogP contribution in [0.15, 0.2) is 53.2 Å². The van der Waals surface area contributed by atoms with Crippen molar-refractivity contribution in [1.29, 1.82) is 0 Å². The Morgan fingerprint density at radius 2 is 1.84 bits per heavy atom. The number of amides is 1. The Bertz CT molecular complexity index is 1190. The molecule has 0 atom stereocenters. The Kier molecular flexibility index (Phi) is 5.44. The van der Waals surface area contributed by atoms with Crippen LogP contribution in [0.25, 0.3) is 17.0 Å². The average Bonchev–Trinajstić information content (AvgIpc) is 3.48. The van der Waals surface area contributed by atoms with Crippen LogP contribution in [0.3, 0.4) is 0 Å². The molecule has 0 N–H and O–H groups in total. The number of halogens is 1. The SMILES string of the molecule is O=C(COc1ccc(Cl)cc1)N1CCN(c2ccc3nnc(-c4ccsc4)n3n2)CC1. The molecule has 4 heterocycles. The van der Waals surface area contributed by atoms with E-state index in [0.29, 0.717) is 42.6 Å². The van der Waals surface area contributed by atoms with Crippen LogP contribution in [-0.4, -0.2) is 63.4 Å². The van der Waals surface area contributed by atoms with Crippen molar-refractivity contribution in [3.63, 3.8) is 0 Å². The number of carbonyl (C=O) groups excluding carboxylic acids is 1. The number of thiophene rings is 1. The zero-order valence-electron chi connectivity index (χ0n) is 16.5. The summed E-state index contributed by atoms with van der Waals surface area (Å²) in [5.41, 5.74) is 1.70. The standard InChI is InChI=1S/C21H19ClN6O2S/c22-16-1-3-17(4-2-16)30-13-20(29)27-10-8-26(9-11-27)19-6-5-18-23-24-21(28(18)25-19)15-7-12-31-14-15/h1-7,12,14H,8-11,13H2. The summed E-state index contributed by atoms with van der Waals surface area (Å²) in [5.74, 6) is 2.17. The van der Waals surface area contributed by atoms with Crippen molar-refractivity contribution < 1.29 is 9.53 Å². The second-order valence-electron chi connectivity index (χ2n) is 7.11. The summed E-state index contributed by atoms with van der Waals surface area (Å²) in [6.45, 7) is 2.63. The lowest BCUT2D eigenvalue weighted by Crippen LogP contribution is -2.50. The highest BCUT2D eigenvalue weighted by Gasteiger charge is 2.23. The van der Waals surface area contributed by atoms with Gasteiger partial charge < -0.3 is 14.5 Å². The van der Waals surface area contributed by atoms with E-state index >= 15 is 0 Å². The first-order valence-corrected chi connectivity index (χ1v) is 11.2. The molecule has 1 aliphatic rings. The molecular weight excluding hydrogens is 436 g/mol. The minimum atomic E-state index is -0.0310. The molecule has 31 heavy (non-hydrogen) atoms. The number of ether oxygens (including phenoxy) is 1. The van der Waals surface area contributed by atoms with Crippen molar-refractivity contribution in [1.82, 2.24) is 24.7 Å². The lowest BCUT2D eigenvalue weighted by atomic mass is 10.3. The summed E-state index contributed by atoms with van der Waals surface area (Å²) < 4.78 is 7.36. The van der Waals surface area contributed by atoms with Gasteiger partial charge in [-0.25, -0.2) is 0 Å². The zero-order valence-corrected chi connectivity index (χ0v) is 18.1. The number of benzene rings is 1. The van der Waals surface area contributed by atoms with E-state index in [9.17, 15) is 4.79 Å². The monoisotopic (exact) mass is 454 g/mol. The lowest BCUT2D eigenvalue weighted by molar-refractivity contribution is -0.133. The molecule has 1 aromatic carbocycles. The number of hydrogen-bond acceptors (Lipinski definition) is 7. The minimum absolute atomic E-state index is 0.0105. The fraction of sp³-hybridized carbons (Fsp3) is 0.238. The average molecular weight is 455 g/mol. The maximum Gasteiger partial charge on any atom is 0.260 e. The highest BCUT2D eigenvalue weighted by molar-refractivity contribution is 7.08. The molecule has 8 nitrogen and oxygen atoms in total. The van der Waals surface area contributed by atoms with Gasteiger partial charge in [-0.2, -0.15) is 15.9 Å². The molecule has 0 radical (unpaired) electrons. The molecule has 1 fully saturated rings. The fourth-order valence-corrected chi connectivity index (χ4v) is 4.23. The molecule has 5 rings (SSSR count). The number of rotatable bonds is 5. The predicted molar refractivity (Wildman–Crippen MR) is 120 cm³/mol. The van der Waals surface area contributed by atoms with Crippen molar-refractivity contribution in [3.05, 3.63) is 58.2 Å². The van der Waals surface area contributed by atoms with Gasteiger partial charge in [0.1, 0.15) is 11.6 Å². The molecule has 0 aliphatic carbocycles. The number of aromatic nitrogens is 4. The molecule has 1 saturated heterocycles. The molecule has 10 heteroatoms. The van der Waals surface area contributed by atoms with Gasteiger partial charge in [-0.1, -0.05) is 11.6 Å². The van der Waals surface area contributed by atoms with Gasteiger partial charge >= 0.3 is 0 Å². The predicted octanol–water partition coefficient (Wildman–Crippen LogP) is 3.23. The van der Waals surface area contributed by atoms with Crippen LogP contribution in [0.5, 0.6) is 5.75 Å². The molecule has 1 amide bonds. The summed E-state index contributed by atoms with van der Waals surface area (Å²) in [5, 5.41) is 17.9. The summed E-state index contributed by atoms with van der Waals surface area (Å²) in [4.78, 5) is 16.5. The number of carbonyl (C=O) groups is 1. The van der Waals surface area contributed by atoms with Crippen molar-refractivity contribution >= 4 is 40.3 Å². The van der Waals surface area contributed by atoms with Gasteiger partial charge in [0.25, 0.3) is 5.91 Å². The van der Waals surface area contributed by atoms with Crippen molar-refractivity contribution in [3.8, 4) is 17.1 Å². The molecule has 158 valence electrons. The van der Waals surface area contributed by atoms with Gasteiger partial charge in [0.05, 0.1) is 0 Å². The van der Waals surface area contributed by atoms with Crippen LogP contribution in [0.1, 0.15) is 0 Å². The van der Waals surface area contributed by atoms with Gasteiger partial charge in [-0.05, 0) is 47.8 Å². The number of nitrogens with zero attached hydrogens (tertiary/aromatic N) is 6. The van der Waals surface area contributed by atoms with E-state index in [0.717, 1.165) is 17.2 Å². The second kappa shape index (κ2) is 8.52. The van der Waals surface area contributed by atoms with Crippen LogP contribution in [0, 0.1) is 0 Å². The Balaban J connectivity index is 1.22. The van der Waals surface area contributed by atoms with E-state index in [4.69, 9.17) is 21.4 Å². The summed E-state index contributed by atoms with van der Waals surface area (Å²) in [6, 6.07) is 12.9. The van der Waals surface area contributed by atoms with Gasteiger partial charge in [0.15, 0.2) is 18.1 Å². The molecule has 0 bridgehead atoms. The molecule has 0 saturated carbocycles. The number of anilines is 1. The number of fused-ring (bicyclic) bond motifs is 1. The number of hydrogen-bond donors (Lipinski definition) is 0. The largest absolute Gasteiger partial charge is 0.484 e. The molecule has 0 unspecified atom stereocenters. The van der Waals surface area contributed by atoms with E-state index in [2.05, 4.69) is 15.1 Å². The quantitative estimate of drug-likeness (QED) is 0.461. The maximum atomic E-state index is 12.5. The van der Waals surface area contributed by atoms with E-state index in [1.54, 1.807) is 40.1 Å². The third kappa shape index (κ3) is 4.19. The first-order valence-electron chi connectivity index (χ1n) is 9.83. The van der Waals surface area contributed by atoms with Crippen molar-refractivity contribution in [2.75, 3.05) is 37.7 Å². The third-order valence-electron chi connectivity index (χ3n) is 5.16. The van der Waals surface area contributed by atoms with Crippen LogP contribution in [0.4, 0.5) is 5.82 Å². The lowest BCUT2D eigenvalue weighted by Gasteiger charge is -2.35. The zero-order chi connectivity index (χ0) is 21.2. The fourth-order valence-electron chi connectivity index (χ4n) is 3.47. The van der Waals surface area contributed by atoms with Crippen LogP contribution in [0.2, 0.25) is 5.02 Å². The van der Waals surface area contributed by atoms with Crippen LogP contribution in [-0.2, 0) is 4.79 Å². The van der Waals surface area contributed by atoms with Crippen LogP contribution >= 0.6 is 22.9 Å². The minimum Gasteiger partial charge on any atom is -0.484 e. The molecule has 4 aromatic rings. The normalized spacial score (nSPS) is 14.2. The smallest absolute Gasteiger partial charge is 0.260 e. The first kappa shape index (κ1) is 19.8. The summed E-state index contributed by atoms with van der Waals surface area (Å²) in [6.07, 6.45) is 0.